The van der Waals surface area contributed by atoms with E-state index in [9.17, 15) is 0 Å². The van der Waals surface area contributed by atoms with Gasteiger partial charge in [0.2, 0.25) is 11.7 Å². The van der Waals surface area contributed by atoms with Gasteiger partial charge in [0.1, 0.15) is 6.10 Å². The number of ether oxygens (including phenoxy) is 1. The van der Waals surface area contributed by atoms with Crippen molar-refractivity contribution in [1.29, 1.82) is 0 Å². The van der Waals surface area contributed by atoms with Crippen LogP contribution in [0.4, 0.5) is 0 Å². The summed E-state index contributed by atoms with van der Waals surface area (Å²) in [5.41, 5.74) is 5.86. The molecule has 1 aliphatic heterocycles. The van der Waals surface area contributed by atoms with Crippen molar-refractivity contribution in [2.75, 3.05) is 13.1 Å². The maximum atomic E-state index is 6.08. The highest BCUT2D eigenvalue weighted by molar-refractivity contribution is 5.97. The Morgan fingerprint density at radius 3 is 2.82 bits per heavy atom. The van der Waals surface area contributed by atoms with E-state index in [1.165, 1.54) is 0 Å². The molecule has 1 atom stereocenters. The number of H-pyrrole nitrogens is 2. The molecular weight excluding hydrogens is 416 g/mol. The van der Waals surface area contributed by atoms with E-state index in [0.29, 0.717) is 11.7 Å². The van der Waals surface area contributed by atoms with Gasteiger partial charge in [-0.3, -0.25) is 4.98 Å². The van der Waals surface area contributed by atoms with Gasteiger partial charge >= 0.3 is 0 Å². The van der Waals surface area contributed by atoms with Crippen LogP contribution in [0.25, 0.3) is 44.7 Å². The minimum absolute atomic E-state index is 0.129. The molecule has 1 fully saturated rings. The van der Waals surface area contributed by atoms with Crippen molar-refractivity contribution < 1.29 is 4.74 Å². The number of fused-ring (bicyclic) bond motifs is 1. The zero-order valence-corrected chi connectivity index (χ0v) is 17.8. The molecule has 9 nitrogen and oxygen atoms in total. The highest BCUT2D eigenvalue weighted by Gasteiger charge is 2.16. The second-order valence-electron chi connectivity index (χ2n) is 8.11. The van der Waals surface area contributed by atoms with Crippen LogP contribution >= 0.6 is 0 Å². The van der Waals surface area contributed by atoms with Gasteiger partial charge in [0.25, 0.3) is 0 Å². The summed E-state index contributed by atoms with van der Waals surface area (Å²) in [6.45, 7) is 1.88. The fraction of sp³-hybridized carbons (Fsp3) is 0.208. The molecule has 0 radical (unpaired) electrons. The molecule has 164 valence electrons. The first-order valence-electron chi connectivity index (χ1n) is 11.0. The van der Waals surface area contributed by atoms with E-state index in [-0.39, 0.29) is 6.10 Å². The largest absolute Gasteiger partial charge is 0.472 e. The number of hydrogen-bond acceptors (Lipinski definition) is 7. The smallest absolute Gasteiger partial charge is 0.233 e. The van der Waals surface area contributed by atoms with E-state index in [2.05, 4.69) is 66.2 Å². The van der Waals surface area contributed by atoms with Crippen molar-refractivity contribution in [1.82, 2.24) is 40.9 Å². The summed E-state index contributed by atoms with van der Waals surface area (Å²) < 4.78 is 6.08. The third kappa shape index (κ3) is 3.94. The van der Waals surface area contributed by atoms with Crippen LogP contribution in [0, 0.1) is 0 Å². The highest BCUT2D eigenvalue weighted by atomic mass is 16.5. The molecular formula is C24H22N8O. The summed E-state index contributed by atoms with van der Waals surface area (Å²) in [5.74, 6) is 1.13. The molecule has 6 rings (SSSR count). The van der Waals surface area contributed by atoms with Gasteiger partial charge in [0.15, 0.2) is 0 Å². The fourth-order valence-corrected chi connectivity index (χ4v) is 4.26. The molecule has 5 aromatic rings. The van der Waals surface area contributed by atoms with E-state index >= 15 is 0 Å². The van der Waals surface area contributed by atoms with Crippen molar-refractivity contribution in [2.24, 2.45) is 0 Å². The molecule has 0 bridgehead atoms. The van der Waals surface area contributed by atoms with Crippen LogP contribution in [0.2, 0.25) is 0 Å². The van der Waals surface area contributed by atoms with Crippen molar-refractivity contribution in [3.05, 3.63) is 61.1 Å². The van der Waals surface area contributed by atoms with Crippen LogP contribution in [0.15, 0.2) is 61.1 Å². The Labute approximate surface area is 189 Å². The number of tetrazole rings is 1. The molecule has 0 spiro atoms. The molecule has 4 heterocycles. The monoisotopic (exact) mass is 438 g/mol. The van der Waals surface area contributed by atoms with E-state index < -0.39 is 0 Å². The molecule has 0 amide bonds. The van der Waals surface area contributed by atoms with Crippen LogP contribution in [-0.4, -0.2) is 54.8 Å². The Balaban J connectivity index is 1.34. The third-order valence-electron chi connectivity index (χ3n) is 5.91. The predicted molar refractivity (Wildman–Crippen MR) is 124 cm³/mol. The number of benzene rings is 2. The second kappa shape index (κ2) is 8.44. The van der Waals surface area contributed by atoms with Gasteiger partial charge in [-0.1, -0.05) is 24.3 Å². The summed E-state index contributed by atoms with van der Waals surface area (Å²) in [7, 11) is 0. The van der Waals surface area contributed by atoms with E-state index in [1.54, 1.807) is 12.4 Å². The van der Waals surface area contributed by atoms with Crippen LogP contribution in [0.3, 0.4) is 0 Å². The number of rotatable bonds is 5. The minimum atomic E-state index is 0.129. The topological polar surface area (TPSA) is 117 Å². The van der Waals surface area contributed by atoms with Gasteiger partial charge in [-0.15, -0.1) is 10.2 Å². The van der Waals surface area contributed by atoms with E-state index in [1.807, 2.05) is 18.3 Å². The standard InChI is InChI=1S/C24H22N8O/c1-3-15(9-17(4-1)24-29-31-32-30-24)16-6-7-21-19(10-16)20(12-27-21)22-13-26-14-23(28-22)33-18-5-2-8-25-11-18/h1,3-4,6-7,9-10,12-14,18,25,27H,2,5,8,11H2,(H,29,30,31,32). The van der Waals surface area contributed by atoms with E-state index in [0.717, 1.165) is 64.8 Å². The summed E-state index contributed by atoms with van der Waals surface area (Å²) in [6.07, 6.45) is 7.69. The summed E-state index contributed by atoms with van der Waals surface area (Å²) in [4.78, 5) is 12.5. The molecule has 0 saturated carbocycles. The van der Waals surface area contributed by atoms with Crippen molar-refractivity contribution in [3.8, 4) is 39.7 Å². The van der Waals surface area contributed by atoms with Crippen molar-refractivity contribution in [3.63, 3.8) is 0 Å². The Kier molecular flexibility index (Phi) is 5.00. The molecule has 1 unspecified atom stereocenters. The normalized spacial score (nSPS) is 16.2. The summed E-state index contributed by atoms with van der Waals surface area (Å²) >= 11 is 0. The third-order valence-corrected chi connectivity index (χ3v) is 5.91. The maximum absolute atomic E-state index is 6.08. The molecule has 0 aliphatic carbocycles. The number of nitrogens with one attached hydrogen (secondary N) is 3. The number of piperidine rings is 1. The zero-order chi connectivity index (χ0) is 22.0. The number of nitrogens with zero attached hydrogens (tertiary/aromatic N) is 5. The van der Waals surface area contributed by atoms with Gasteiger partial charge in [-0.25, -0.2) is 4.98 Å². The number of aromatic amines is 2. The average molecular weight is 438 g/mol. The lowest BCUT2D eigenvalue weighted by Gasteiger charge is -2.23. The zero-order valence-electron chi connectivity index (χ0n) is 17.8. The van der Waals surface area contributed by atoms with Gasteiger partial charge in [-0.2, -0.15) is 5.21 Å². The van der Waals surface area contributed by atoms with Crippen LogP contribution < -0.4 is 10.1 Å². The SMILES string of the molecule is c1cc(-c2ccc3[nH]cc(-c4cncc(OC5CCCNC5)n4)c3c2)cc(-c2nn[nH]n2)c1. The van der Waals surface area contributed by atoms with Gasteiger partial charge in [0.05, 0.1) is 18.1 Å². The van der Waals surface area contributed by atoms with Crippen LogP contribution in [0.5, 0.6) is 5.88 Å². The minimum Gasteiger partial charge on any atom is -0.472 e. The Morgan fingerprint density at radius 1 is 1.00 bits per heavy atom. The summed E-state index contributed by atoms with van der Waals surface area (Å²) in [5, 5.41) is 18.8. The highest BCUT2D eigenvalue weighted by Crippen LogP contribution is 2.32. The maximum Gasteiger partial charge on any atom is 0.233 e. The lowest BCUT2D eigenvalue weighted by molar-refractivity contribution is 0.160. The average Bonchev–Trinajstić information content (AvgIpc) is 3.55. The molecule has 1 saturated heterocycles. The first kappa shape index (κ1) is 19.6. The summed E-state index contributed by atoms with van der Waals surface area (Å²) in [6, 6.07) is 14.4. The molecule has 33 heavy (non-hydrogen) atoms. The first-order valence-corrected chi connectivity index (χ1v) is 11.0. The quantitative estimate of drug-likeness (QED) is 0.384. The predicted octanol–water partition coefficient (Wildman–Crippen LogP) is 3.60. The van der Waals surface area contributed by atoms with Gasteiger partial charge < -0.3 is 15.0 Å². The second-order valence-corrected chi connectivity index (χ2v) is 8.11. The van der Waals surface area contributed by atoms with Gasteiger partial charge in [0, 0.05) is 34.8 Å². The van der Waals surface area contributed by atoms with E-state index in [4.69, 9.17) is 9.72 Å². The fourth-order valence-electron chi connectivity index (χ4n) is 4.26. The first-order chi connectivity index (χ1) is 16.3. The van der Waals surface area contributed by atoms with Crippen LogP contribution in [-0.2, 0) is 0 Å². The molecule has 2 aromatic carbocycles. The molecule has 3 aromatic heterocycles. The number of aromatic nitrogens is 7. The van der Waals surface area contributed by atoms with Crippen molar-refractivity contribution >= 4 is 10.9 Å². The Morgan fingerprint density at radius 2 is 1.94 bits per heavy atom. The molecule has 9 heteroatoms. The van der Waals surface area contributed by atoms with Crippen LogP contribution in [0.1, 0.15) is 12.8 Å². The molecule has 3 N–H and O–H groups in total. The van der Waals surface area contributed by atoms with Gasteiger partial charge in [-0.05, 0) is 53.9 Å². The number of hydrogen-bond donors (Lipinski definition) is 3. The Hall–Kier alpha value is -4.11. The Bertz CT molecular complexity index is 1390. The lowest BCUT2D eigenvalue weighted by Crippen LogP contribution is -2.37. The molecule has 1 aliphatic rings. The lowest BCUT2D eigenvalue weighted by atomic mass is 10.00. The van der Waals surface area contributed by atoms with Crippen molar-refractivity contribution in [2.45, 2.75) is 18.9 Å².